The summed E-state index contributed by atoms with van der Waals surface area (Å²) < 4.78 is 0. The van der Waals surface area contributed by atoms with E-state index in [1.54, 1.807) is 0 Å². The third-order valence-electron chi connectivity index (χ3n) is 3.98. The highest BCUT2D eigenvalue weighted by atomic mass is 16.4. The summed E-state index contributed by atoms with van der Waals surface area (Å²) >= 11 is 0. The molecule has 7 N–H and O–H groups in total. The zero-order valence-corrected chi connectivity index (χ0v) is 14.8. The van der Waals surface area contributed by atoms with E-state index >= 15 is 0 Å². The zero-order valence-electron chi connectivity index (χ0n) is 14.8. The number of hydrogen-bond donors (Lipinski definition) is 6. The van der Waals surface area contributed by atoms with Crippen molar-refractivity contribution in [3.8, 4) is 0 Å². The fourth-order valence-electron chi connectivity index (χ4n) is 2.97. The summed E-state index contributed by atoms with van der Waals surface area (Å²) in [4.78, 5) is 19.5. The summed E-state index contributed by atoms with van der Waals surface area (Å²) in [6.07, 6.45) is -3.31. The topological polar surface area (TPSA) is 161 Å². The molecule has 3 atom stereocenters. The van der Waals surface area contributed by atoms with Crippen molar-refractivity contribution in [1.29, 1.82) is 0 Å². The molecule has 0 fully saturated rings. The lowest BCUT2D eigenvalue weighted by molar-refractivity contribution is -0.165. The molecule has 0 heterocycles. The Labute approximate surface area is 146 Å². The quantitative estimate of drug-likeness (QED) is 0.427. The molecule has 25 heavy (non-hydrogen) atoms. The second kappa shape index (κ2) is 9.36. The minimum Gasteiger partial charge on any atom is -0.479 e. The Hall–Kier alpha value is -2.16. The number of carboxylic acids is 2. The Balaban J connectivity index is 0.000000434. The van der Waals surface area contributed by atoms with E-state index in [0.29, 0.717) is 11.3 Å². The average Bonchev–Trinajstić information content (AvgIpc) is 2.78. The highest BCUT2D eigenvalue weighted by Crippen LogP contribution is 2.47. The van der Waals surface area contributed by atoms with Crippen LogP contribution < -0.4 is 5.73 Å². The summed E-state index contributed by atoms with van der Waals surface area (Å²) in [6.45, 7) is 6.87. The van der Waals surface area contributed by atoms with Crippen molar-refractivity contribution in [1.82, 2.24) is 0 Å². The minimum absolute atomic E-state index is 0.310. The Bertz CT molecular complexity index is 583. The van der Waals surface area contributed by atoms with Crippen molar-refractivity contribution < 1.29 is 35.1 Å². The van der Waals surface area contributed by atoms with Crippen LogP contribution in [0.1, 0.15) is 44.2 Å². The molecule has 1 aromatic carbocycles. The van der Waals surface area contributed by atoms with E-state index in [1.165, 1.54) is 17.5 Å². The van der Waals surface area contributed by atoms with Crippen LogP contribution in [-0.2, 0) is 15.0 Å². The number of nitrogens with two attached hydrogens (primary N) is 1. The molecule has 0 radical (unpaired) electrons. The molecule has 1 aliphatic carbocycles. The van der Waals surface area contributed by atoms with Crippen LogP contribution >= 0.6 is 0 Å². The zero-order chi connectivity index (χ0) is 19.9. The van der Waals surface area contributed by atoms with Crippen LogP contribution in [0.25, 0.3) is 0 Å². The third-order valence-corrected chi connectivity index (χ3v) is 3.98. The van der Waals surface area contributed by atoms with Crippen molar-refractivity contribution in [3.63, 3.8) is 0 Å². The number of rotatable bonds is 3. The lowest BCUT2D eigenvalue weighted by Gasteiger charge is -2.18. The third kappa shape index (κ3) is 5.70. The maximum atomic E-state index is 9.77. The molecule has 0 saturated heterocycles. The lowest BCUT2D eigenvalue weighted by atomic mass is 9.86. The molecular formula is C17H27NO7. The standard InChI is InChI=1S/C12H17N.C4H6O6.CH4O/c1-8-7-12(2,3)9-5-4-6-10(13)11(8)9;5-1(3(7)8)2(6)4(9)10;1-2/h4-6,8H,7,13H2,1-3H3;1-2,5-6H,(H,7,8)(H,9,10);2H,1H3/t8-;;/m1../s1. The number of carbonyl (C=O) groups is 2. The molecule has 0 spiro atoms. The molecule has 0 bridgehead atoms. The summed E-state index contributed by atoms with van der Waals surface area (Å²) in [5.74, 6) is -2.92. The Morgan fingerprint density at radius 3 is 1.92 bits per heavy atom. The van der Waals surface area contributed by atoms with Crippen LogP contribution in [0, 0.1) is 0 Å². The second-order valence-corrected chi connectivity index (χ2v) is 6.36. The van der Waals surface area contributed by atoms with Crippen molar-refractivity contribution >= 4 is 17.6 Å². The number of nitrogen functional groups attached to an aromatic ring is 1. The first-order valence-electron chi connectivity index (χ1n) is 7.64. The van der Waals surface area contributed by atoms with Gasteiger partial charge in [0.25, 0.3) is 0 Å². The average molecular weight is 357 g/mol. The molecule has 2 unspecified atom stereocenters. The lowest BCUT2D eigenvalue weighted by Crippen LogP contribution is -2.39. The number of carboxylic acid groups (broad SMARTS) is 2. The Morgan fingerprint density at radius 2 is 1.56 bits per heavy atom. The van der Waals surface area contributed by atoms with Crippen molar-refractivity contribution in [2.45, 2.75) is 50.7 Å². The normalized spacial score (nSPS) is 19.2. The first-order valence-corrected chi connectivity index (χ1v) is 7.64. The molecular weight excluding hydrogens is 330 g/mol. The van der Waals surface area contributed by atoms with Crippen molar-refractivity contribution in [3.05, 3.63) is 29.3 Å². The highest BCUT2D eigenvalue weighted by Gasteiger charge is 2.35. The number of benzene rings is 1. The summed E-state index contributed by atoms with van der Waals surface area (Å²) in [6, 6.07) is 6.29. The maximum absolute atomic E-state index is 9.77. The number of fused-ring (bicyclic) bond motifs is 1. The molecule has 0 aliphatic heterocycles. The first kappa shape index (κ1) is 22.8. The van der Waals surface area contributed by atoms with E-state index in [0.717, 1.165) is 12.8 Å². The largest absolute Gasteiger partial charge is 0.479 e. The van der Waals surface area contributed by atoms with Gasteiger partial charge in [0.2, 0.25) is 0 Å². The molecule has 0 aromatic heterocycles. The van der Waals surface area contributed by atoms with E-state index in [9.17, 15) is 9.59 Å². The van der Waals surface area contributed by atoms with Gasteiger partial charge in [-0.3, -0.25) is 0 Å². The summed E-state index contributed by atoms with van der Waals surface area (Å²) in [7, 11) is 1.00. The smallest absolute Gasteiger partial charge is 0.335 e. The van der Waals surface area contributed by atoms with E-state index < -0.39 is 24.1 Å². The molecule has 142 valence electrons. The van der Waals surface area contributed by atoms with Gasteiger partial charge in [-0.2, -0.15) is 0 Å². The molecule has 2 rings (SSSR count). The summed E-state index contributed by atoms with van der Waals surface area (Å²) in [5, 5.41) is 39.5. The van der Waals surface area contributed by atoms with E-state index in [1.807, 2.05) is 6.07 Å². The Morgan fingerprint density at radius 1 is 1.12 bits per heavy atom. The molecule has 1 aliphatic rings. The van der Waals surface area contributed by atoms with E-state index in [2.05, 4.69) is 32.9 Å². The van der Waals surface area contributed by atoms with Gasteiger partial charge in [0.05, 0.1) is 0 Å². The fourth-order valence-corrected chi connectivity index (χ4v) is 2.97. The number of aliphatic hydroxyl groups excluding tert-OH is 3. The van der Waals surface area contributed by atoms with Gasteiger partial charge in [-0.05, 0) is 34.9 Å². The van der Waals surface area contributed by atoms with Gasteiger partial charge in [-0.1, -0.05) is 32.9 Å². The first-order chi connectivity index (χ1) is 11.5. The predicted octanol–water partition coefficient (Wildman–Crippen LogP) is 0.539. The van der Waals surface area contributed by atoms with Gasteiger partial charge in [0.1, 0.15) is 0 Å². The maximum Gasteiger partial charge on any atom is 0.335 e. The van der Waals surface area contributed by atoms with Gasteiger partial charge in [0, 0.05) is 12.8 Å². The molecule has 8 heteroatoms. The van der Waals surface area contributed by atoms with Crippen molar-refractivity contribution in [2.24, 2.45) is 0 Å². The van der Waals surface area contributed by atoms with Crippen LogP contribution in [0.2, 0.25) is 0 Å². The molecule has 1 aromatic rings. The van der Waals surface area contributed by atoms with Gasteiger partial charge in [-0.25, -0.2) is 9.59 Å². The predicted molar refractivity (Wildman–Crippen MR) is 92.3 cm³/mol. The number of aliphatic carboxylic acids is 2. The molecule has 0 saturated carbocycles. The summed E-state index contributed by atoms with van der Waals surface area (Å²) in [5.41, 5.74) is 10.1. The van der Waals surface area contributed by atoms with Crippen LogP contribution in [0.5, 0.6) is 0 Å². The van der Waals surface area contributed by atoms with Crippen molar-refractivity contribution in [2.75, 3.05) is 12.8 Å². The van der Waals surface area contributed by atoms with Crippen LogP contribution in [0.4, 0.5) is 5.69 Å². The Kier molecular flexibility index (Phi) is 8.55. The molecule has 8 nitrogen and oxygen atoms in total. The van der Waals surface area contributed by atoms with E-state index in [-0.39, 0.29) is 0 Å². The SMILES string of the molecule is CO.C[C@@H]1CC(C)(C)c2cccc(N)c21.O=C(O)C(O)C(O)C(=O)O. The van der Waals surface area contributed by atoms with Gasteiger partial charge >= 0.3 is 11.9 Å². The number of anilines is 1. The van der Waals surface area contributed by atoms with Crippen LogP contribution in [0.3, 0.4) is 0 Å². The van der Waals surface area contributed by atoms with Crippen LogP contribution in [-0.4, -0.2) is 56.8 Å². The fraction of sp³-hybridized carbons (Fsp3) is 0.529. The van der Waals surface area contributed by atoms with Gasteiger partial charge in [0.15, 0.2) is 12.2 Å². The van der Waals surface area contributed by atoms with Gasteiger partial charge in [-0.15, -0.1) is 0 Å². The highest BCUT2D eigenvalue weighted by molar-refractivity contribution is 5.83. The van der Waals surface area contributed by atoms with Gasteiger partial charge < -0.3 is 31.3 Å². The number of hydrogen-bond acceptors (Lipinski definition) is 6. The monoisotopic (exact) mass is 357 g/mol. The second-order valence-electron chi connectivity index (χ2n) is 6.36. The van der Waals surface area contributed by atoms with Crippen LogP contribution in [0.15, 0.2) is 18.2 Å². The molecule has 0 amide bonds. The minimum atomic E-state index is -2.27. The number of aliphatic hydroxyl groups is 3. The van der Waals surface area contributed by atoms with E-state index in [4.69, 9.17) is 31.3 Å².